The van der Waals surface area contributed by atoms with Crippen molar-refractivity contribution in [1.82, 2.24) is 0 Å². The minimum Gasteiger partial charge on any atom is -0.465 e. The molecule has 11 unspecified atom stereocenters. The molecule has 5 saturated carbocycles. The van der Waals surface area contributed by atoms with Crippen LogP contribution in [-0.4, -0.2) is 37.9 Å². The van der Waals surface area contributed by atoms with Crippen LogP contribution in [0, 0.1) is 63.6 Å². The SMILES string of the molecule is COC1C2CC(C1OC(=O)C1(CC(C)(C)C)CC1(C)C)C1C3CC(C4COC(=O)C43)C21. The molecule has 0 aromatic rings. The molecule has 6 rings (SSSR count). The number of fused-ring (bicyclic) bond motifs is 12. The average Bonchev–Trinajstić information content (AvgIpc) is 3.26. The highest BCUT2D eigenvalue weighted by Crippen LogP contribution is 2.73. The van der Waals surface area contributed by atoms with Gasteiger partial charge in [0.15, 0.2) is 0 Å². The number of hydrogen-bond donors (Lipinski definition) is 0. The fourth-order valence-electron chi connectivity index (χ4n) is 9.55. The van der Waals surface area contributed by atoms with Crippen molar-refractivity contribution in [2.45, 2.75) is 72.5 Å². The average molecular weight is 431 g/mol. The third kappa shape index (κ3) is 2.53. The molecule has 5 nitrogen and oxygen atoms in total. The van der Waals surface area contributed by atoms with E-state index in [1.807, 2.05) is 0 Å². The number of methoxy groups -OCH3 is 1. The van der Waals surface area contributed by atoms with Crippen LogP contribution in [0.2, 0.25) is 0 Å². The van der Waals surface area contributed by atoms with Gasteiger partial charge in [-0.2, -0.15) is 0 Å². The van der Waals surface area contributed by atoms with E-state index in [2.05, 4.69) is 34.6 Å². The zero-order valence-electron chi connectivity index (χ0n) is 19.9. The Balaban J connectivity index is 1.26. The van der Waals surface area contributed by atoms with Gasteiger partial charge in [-0.1, -0.05) is 34.6 Å². The minimum absolute atomic E-state index is 0.000396. The van der Waals surface area contributed by atoms with Crippen LogP contribution in [-0.2, 0) is 23.8 Å². The lowest BCUT2D eigenvalue weighted by molar-refractivity contribution is -0.177. The molecule has 1 saturated heterocycles. The molecule has 6 fully saturated rings. The Hall–Kier alpha value is -1.10. The Kier molecular flexibility index (Phi) is 4.01. The first-order chi connectivity index (χ1) is 14.5. The first-order valence-corrected chi connectivity index (χ1v) is 12.4. The van der Waals surface area contributed by atoms with E-state index in [1.54, 1.807) is 7.11 Å². The number of cyclic esters (lactones) is 1. The molecule has 0 spiro atoms. The predicted octanol–water partition coefficient (Wildman–Crippen LogP) is 4.09. The van der Waals surface area contributed by atoms with E-state index in [4.69, 9.17) is 14.2 Å². The van der Waals surface area contributed by atoms with Crippen molar-refractivity contribution in [2.75, 3.05) is 13.7 Å². The van der Waals surface area contributed by atoms with Gasteiger partial charge in [0, 0.05) is 18.9 Å². The Morgan fingerprint density at radius 3 is 2.26 bits per heavy atom. The smallest absolute Gasteiger partial charge is 0.313 e. The van der Waals surface area contributed by atoms with Gasteiger partial charge in [0.25, 0.3) is 0 Å². The molecule has 11 atom stereocenters. The van der Waals surface area contributed by atoms with Gasteiger partial charge >= 0.3 is 11.9 Å². The second-order valence-corrected chi connectivity index (χ2v) is 13.6. The van der Waals surface area contributed by atoms with Crippen molar-refractivity contribution in [2.24, 2.45) is 63.6 Å². The number of carbonyl (C=O) groups excluding carboxylic acids is 2. The van der Waals surface area contributed by atoms with Crippen molar-refractivity contribution in [3.63, 3.8) is 0 Å². The van der Waals surface area contributed by atoms with Crippen LogP contribution in [0.25, 0.3) is 0 Å². The van der Waals surface area contributed by atoms with Gasteiger partial charge in [-0.25, -0.2) is 0 Å². The van der Waals surface area contributed by atoms with Gasteiger partial charge in [0.05, 0.1) is 24.0 Å². The van der Waals surface area contributed by atoms with Crippen LogP contribution < -0.4 is 0 Å². The fraction of sp³-hybridized carbons (Fsp3) is 0.923. The lowest BCUT2D eigenvalue weighted by atomic mass is 9.63. The van der Waals surface area contributed by atoms with E-state index in [0.29, 0.717) is 48.0 Å². The quantitative estimate of drug-likeness (QED) is 0.497. The molecule has 5 heteroatoms. The molecule has 5 aliphatic carbocycles. The molecule has 0 amide bonds. The maximum atomic E-state index is 13.6. The van der Waals surface area contributed by atoms with Crippen LogP contribution in [0.15, 0.2) is 0 Å². The highest BCUT2D eigenvalue weighted by molar-refractivity contribution is 5.82. The molecule has 0 radical (unpaired) electrons. The summed E-state index contributed by atoms with van der Waals surface area (Å²) < 4.78 is 17.9. The lowest BCUT2D eigenvalue weighted by Gasteiger charge is -2.44. The zero-order chi connectivity index (χ0) is 22.1. The molecule has 0 aromatic heterocycles. The summed E-state index contributed by atoms with van der Waals surface area (Å²) in [6.45, 7) is 11.7. The van der Waals surface area contributed by atoms with E-state index < -0.39 is 0 Å². The Morgan fingerprint density at radius 1 is 1.03 bits per heavy atom. The predicted molar refractivity (Wildman–Crippen MR) is 114 cm³/mol. The van der Waals surface area contributed by atoms with Crippen molar-refractivity contribution in [1.29, 1.82) is 0 Å². The maximum Gasteiger partial charge on any atom is 0.313 e. The van der Waals surface area contributed by atoms with Crippen molar-refractivity contribution >= 4 is 11.9 Å². The van der Waals surface area contributed by atoms with E-state index in [9.17, 15) is 9.59 Å². The number of rotatable bonds is 4. The molecule has 1 aliphatic heterocycles. The summed E-state index contributed by atoms with van der Waals surface area (Å²) in [5.41, 5.74) is -0.303. The lowest BCUT2D eigenvalue weighted by Crippen LogP contribution is -2.50. The second kappa shape index (κ2) is 6.07. The van der Waals surface area contributed by atoms with Gasteiger partial charge in [0.2, 0.25) is 0 Å². The standard InChI is InChI=1S/C26H38O5/c1-24(2,3)10-26(11-25(26,4)5)23(28)31-21-15-8-14(20(21)29-6)17-12-7-13(18(15)17)19-16(12)9-30-22(19)27/h12-21H,7-11H2,1-6H3. The zero-order valence-corrected chi connectivity index (χ0v) is 19.9. The van der Waals surface area contributed by atoms with Crippen LogP contribution in [0.5, 0.6) is 0 Å². The largest absolute Gasteiger partial charge is 0.465 e. The number of hydrogen-bond acceptors (Lipinski definition) is 5. The summed E-state index contributed by atoms with van der Waals surface area (Å²) in [7, 11) is 1.78. The molecule has 172 valence electrons. The van der Waals surface area contributed by atoms with Crippen molar-refractivity contribution in [3.05, 3.63) is 0 Å². The number of carbonyl (C=O) groups is 2. The molecule has 6 aliphatic rings. The third-order valence-electron chi connectivity index (χ3n) is 10.5. The first-order valence-electron chi connectivity index (χ1n) is 12.4. The third-order valence-corrected chi connectivity index (χ3v) is 10.5. The van der Waals surface area contributed by atoms with Crippen LogP contribution >= 0.6 is 0 Å². The molecule has 0 N–H and O–H groups in total. The Labute approximate surface area is 185 Å². The Morgan fingerprint density at radius 2 is 1.65 bits per heavy atom. The summed E-state index contributed by atoms with van der Waals surface area (Å²) >= 11 is 0. The van der Waals surface area contributed by atoms with Gasteiger partial charge < -0.3 is 14.2 Å². The van der Waals surface area contributed by atoms with Crippen LogP contribution in [0.1, 0.15) is 60.3 Å². The second-order valence-electron chi connectivity index (χ2n) is 13.6. The molecule has 31 heavy (non-hydrogen) atoms. The summed E-state index contributed by atoms with van der Waals surface area (Å²) in [5, 5.41) is 0. The van der Waals surface area contributed by atoms with Crippen LogP contribution in [0.4, 0.5) is 0 Å². The van der Waals surface area contributed by atoms with Crippen LogP contribution in [0.3, 0.4) is 0 Å². The summed E-state index contributed by atoms with van der Waals surface area (Å²) in [4.78, 5) is 26.1. The van der Waals surface area contributed by atoms with Gasteiger partial charge in [-0.05, 0) is 66.1 Å². The van der Waals surface area contributed by atoms with Gasteiger partial charge in [-0.3, -0.25) is 9.59 Å². The molecule has 0 aromatic carbocycles. The van der Waals surface area contributed by atoms with E-state index in [-0.39, 0.29) is 46.3 Å². The van der Waals surface area contributed by atoms with Crippen molar-refractivity contribution < 1.29 is 23.8 Å². The summed E-state index contributed by atoms with van der Waals surface area (Å²) in [6, 6.07) is 0. The minimum atomic E-state index is -0.375. The van der Waals surface area contributed by atoms with Gasteiger partial charge in [-0.15, -0.1) is 0 Å². The van der Waals surface area contributed by atoms with E-state index in [1.165, 1.54) is 0 Å². The summed E-state index contributed by atoms with van der Waals surface area (Å²) in [5.74, 6) is 3.44. The fourth-order valence-corrected chi connectivity index (χ4v) is 9.55. The first kappa shape index (κ1) is 20.5. The molecule has 4 bridgehead atoms. The van der Waals surface area contributed by atoms with Gasteiger partial charge in [0.1, 0.15) is 6.10 Å². The molecular formula is C26H38O5. The maximum absolute atomic E-state index is 13.6. The molecule has 1 heterocycles. The number of ether oxygens (including phenoxy) is 3. The van der Waals surface area contributed by atoms with E-state index >= 15 is 0 Å². The highest BCUT2D eigenvalue weighted by Gasteiger charge is 2.74. The van der Waals surface area contributed by atoms with Crippen molar-refractivity contribution in [3.8, 4) is 0 Å². The Bertz CT molecular complexity index is 826. The normalized spacial score (nSPS) is 52.8. The molecular weight excluding hydrogens is 392 g/mol. The highest BCUT2D eigenvalue weighted by atomic mass is 16.6. The van der Waals surface area contributed by atoms with E-state index in [0.717, 1.165) is 25.7 Å². The number of esters is 2. The topological polar surface area (TPSA) is 61.8 Å². The monoisotopic (exact) mass is 430 g/mol. The summed E-state index contributed by atoms with van der Waals surface area (Å²) in [6.07, 6.45) is 3.84.